The molecule has 2 aliphatic heterocycles. The first kappa shape index (κ1) is 59.0. The van der Waals surface area contributed by atoms with Crippen molar-refractivity contribution in [3.8, 4) is 23.0 Å². The summed E-state index contributed by atoms with van der Waals surface area (Å²) >= 11 is 5.49. The van der Waals surface area contributed by atoms with Crippen LogP contribution in [0.25, 0.3) is 0 Å². The van der Waals surface area contributed by atoms with E-state index in [1.54, 1.807) is 24.3 Å². The minimum Gasteiger partial charge on any atom is -0.508 e. The van der Waals surface area contributed by atoms with Crippen LogP contribution in [0.1, 0.15) is 71.1 Å². The first-order chi connectivity index (χ1) is 37.8. The lowest BCUT2D eigenvalue weighted by Gasteiger charge is -2.36. The highest BCUT2D eigenvalue weighted by atomic mass is 32.1. The van der Waals surface area contributed by atoms with E-state index in [0.29, 0.717) is 28.8 Å². The maximum atomic E-state index is 13.8. The summed E-state index contributed by atoms with van der Waals surface area (Å²) in [7, 11) is 1.42. The lowest BCUT2D eigenvalue weighted by Crippen LogP contribution is -2.58. The van der Waals surface area contributed by atoms with Crippen molar-refractivity contribution in [1.82, 2.24) is 47.9 Å². The van der Waals surface area contributed by atoms with Gasteiger partial charge in [0.05, 0.1) is 18.7 Å². The fourth-order valence-corrected chi connectivity index (χ4v) is 8.99. The zero-order valence-electron chi connectivity index (χ0n) is 42.9. The van der Waals surface area contributed by atoms with Gasteiger partial charge in [0.1, 0.15) is 47.2 Å². The summed E-state index contributed by atoms with van der Waals surface area (Å²) in [4.78, 5) is 105. The first-order valence-electron chi connectivity index (χ1n) is 25.0. The highest BCUT2D eigenvalue weighted by Crippen LogP contribution is 2.57. The number of carbonyl (C=O) groups is 8. The number of aryl methyl sites for hydroxylation is 1. The number of fused-ring (bicyclic) bond motifs is 6. The normalized spacial score (nSPS) is 13.8. The number of guanidine groups is 1. The molecule has 2 aliphatic rings. The Morgan fingerprint density at radius 2 is 1.24 bits per heavy atom. The quantitative estimate of drug-likeness (QED) is 0.0124. The van der Waals surface area contributed by atoms with Crippen LogP contribution in [-0.2, 0) is 45.5 Å². The van der Waals surface area contributed by atoms with Crippen molar-refractivity contribution in [2.45, 2.75) is 74.7 Å². The van der Waals surface area contributed by atoms with Gasteiger partial charge < -0.3 is 89.4 Å². The monoisotopic (exact) mass is 1110 g/mol. The largest absolute Gasteiger partial charge is 0.508 e. The number of hydrogen-bond donors (Lipinski definition) is 16. The second-order valence-corrected chi connectivity index (χ2v) is 18.7. The average molecular weight is 1110 g/mol. The highest BCUT2D eigenvalue weighted by Gasteiger charge is 2.54. The third kappa shape index (κ3) is 15.9. The summed E-state index contributed by atoms with van der Waals surface area (Å²) in [6, 6.07) is 16.9. The van der Waals surface area contributed by atoms with Crippen molar-refractivity contribution in [3.63, 3.8) is 0 Å². The molecule has 6 rings (SSSR count). The molecule has 4 aromatic carbocycles. The van der Waals surface area contributed by atoms with Gasteiger partial charge in [0.25, 0.3) is 0 Å². The Kier molecular flexibility index (Phi) is 20.7. The van der Waals surface area contributed by atoms with E-state index < -0.39 is 90.4 Å². The number of benzene rings is 4. The maximum absolute atomic E-state index is 13.8. The predicted molar refractivity (Wildman–Crippen MR) is 289 cm³/mol. The molecule has 4 aromatic rings. The van der Waals surface area contributed by atoms with E-state index in [1.165, 1.54) is 37.4 Å². The minimum atomic E-state index is -1.66. The number of urea groups is 1. The number of aliphatic hydroxyl groups excluding tert-OH is 1. The van der Waals surface area contributed by atoms with Gasteiger partial charge in [-0.3, -0.25) is 34.2 Å². The SMILES string of the molecule is CNC(=O)[C@H](CCc1ccccc1)NC(=O)CNC(=O)[C@H](CCCNC(N)=O)NC(=O)[C@H](CO)NC(=O)[C@H](CCCNC(=N)N)NC(=O)CCNC(=S)Nc1ccc2c(c1)C(=O)OC21c2ccc(O)cc2Oc2cc(O)ccc21. The van der Waals surface area contributed by atoms with Gasteiger partial charge in [0.15, 0.2) is 16.7 Å². The number of phenols is 2. The highest BCUT2D eigenvalue weighted by molar-refractivity contribution is 7.80. The van der Waals surface area contributed by atoms with Crippen LogP contribution in [-0.4, -0.2) is 138 Å². The molecule has 27 heteroatoms. The lowest BCUT2D eigenvalue weighted by molar-refractivity contribution is -0.135. The number of thiocarbonyl (C=S) groups is 1. The molecule has 0 aromatic heterocycles. The zero-order chi connectivity index (χ0) is 57.2. The van der Waals surface area contributed by atoms with Crippen molar-refractivity contribution in [2.24, 2.45) is 11.5 Å². The second kappa shape index (κ2) is 27.7. The van der Waals surface area contributed by atoms with E-state index >= 15 is 0 Å². The van der Waals surface area contributed by atoms with Crippen LogP contribution >= 0.6 is 12.2 Å². The van der Waals surface area contributed by atoms with Gasteiger partial charge in [-0.1, -0.05) is 36.4 Å². The number of nitrogens with two attached hydrogens (primary N) is 2. The number of aliphatic hydroxyl groups is 1. The summed E-state index contributed by atoms with van der Waals surface area (Å²) < 4.78 is 12.1. The third-order valence-electron chi connectivity index (χ3n) is 12.6. The lowest BCUT2D eigenvalue weighted by atomic mass is 9.77. The maximum Gasteiger partial charge on any atom is 0.340 e. The molecule has 2 heterocycles. The zero-order valence-corrected chi connectivity index (χ0v) is 43.7. The second-order valence-electron chi connectivity index (χ2n) is 18.2. The Balaban J connectivity index is 1.04. The number of carbonyl (C=O) groups excluding carboxylic acids is 8. The van der Waals surface area contributed by atoms with Gasteiger partial charge in [-0.15, -0.1) is 0 Å². The van der Waals surface area contributed by atoms with Crippen LogP contribution in [0.5, 0.6) is 23.0 Å². The topological polar surface area (TPSA) is 412 Å². The number of likely N-dealkylation sites (N-methyl/N-ethyl adjacent to an activating group) is 1. The number of hydrogen-bond acceptors (Lipinski definition) is 15. The molecule has 0 fully saturated rings. The molecular formula is C52H63N13O13S. The Labute approximate surface area is 458 Å². The number of amides is 8. The van der Waals surface area contributed by atoms with Gasteiger partial charge in [-0.05, 0) is 92.7 Å². The van der Waals surface area contributed by atoms with Crippen LogP contribution in [0, 0.1) is 5.41 Å². The number of ether oxygens (including phenoxy) is 2. The van der Waals surface area contributed by atoms with Gasteiger partial charge >= 0.3 is 12.0 Å². The molecule has 0 saturated carbocycles. The van der Waals surface area contributed by atoms with Gasteiger partial charge in [0.2, 0.25) is 35.4 Å². The van der Waals surface area contributed by atoms with Crippen LogP contribution in [0.4, 0.5) is 10.5 Å². The Hall–Kier alpha value is -9.24. The van der Waals surface area contributed by atoms with Crippen molar-refractivity contribution in [1.29, 1.82) is 5.41 Å². The molecule has 420 valence electrons. The minimum absolute atomic E-state index is 0.00132. The Morgan fingerprint density at radius 1 is 0.658 bits per heavy atom. The van der Waals surface area contributed by atoms with E-state index in [4.69, 9.17) is 38.6 Å². The Morgan fingerprint density at radius 3 is 1.86 bits per heavy atom. The summed E-state index contributed by atoms with van der Waals surface area (Å²) in [5.41, 5.74) is 12.0. The molecule has 0 radical (unpaired) electrons. The summed E-state index contributed by atoms with van der Waals surface area (Å²) in [5, 5.41) is 64.1. The summed E-state index contributed by atoms with van der Waals surface area (Å²) in [5.74, 6) is -5.30. The molecule has 8 amide bonds. The molecule has 18 N–H and O–H groups in total. The number of esters is 1. The fourth-order valence-electron chi connectivity index (χ4n) is 8.77. The van der Waals surface area contributed by atoms with Crippen LogP contribution in [0.2, 0.25) is 0 Å². The number of aromatic hydroxyl groups is 2. The van der Waals surface area contributed by atoms with E-state index in [2.05, 4.69) is 53.2 Å². The number of nitrogens with one attached hydrogen (secondary N) is 11. The van der Waals surface area contributed by atoms with Crippen molar-refractivity contribution in [3.05, 3.63) is 113 Å². The molecule has 0 bridgehead atoms. The molecule has 4 atom stereocenters. The fraction of sp³-hybridized carbons (Fsp3) is 0.346. The van der Waals surface area contributed by atoms with Crippen LogP contribution in [0.3, 0.4) is 0 Å². The van der Waals surface area contributed by atoms with Crippen molar-refractivity contribution < 1.29 is 63.1 Å². The number of primary amides is 1. The standard InChI is InChI=1S/C52H63N13O13S/c1-56-44(71)38(18-11-28-7-3-2-4-8-28)63-43(70)26-60-45(72)36(9-6-21-58-50(55)76)64-47(74)39(27-66)65-46(73)37(10-5-20-57-49(53)54)62-42(69)19-22-59-51(79)61-29-12-15-33-32(23-29)48(75)78-52(33)34-16-13-30(67)24-40(34)77-41-25-31(68)14-17-35(41)52/h2-4,7-8,12-17,23-25,36-39,66-68H,5-6,9-11,18-22,26-27H2,1H3,(H,56,71)(H,60,72)(H,62,69)(H,63,70)(H,64,74)(H,65,73)(H4,53,54,57)(H3,55,58,76)(H2,59,61,79)/t36-,37-,38-,39-/m0/s1. The first-order valence-corrected chi connectivity index (χ1v) is 25.4. The van der Waals surface area contributed by atoms with Gasteiger partial charge in [0, 0.05) is 67.6 Å². The molecule has 0 saturated heterocycles. The molecule has 1 spiro atoms. The molecule has 26 nitrogen and oxygen atoms in total. The summed E-state index contributed by atoms with van der Waals surface area (Å²) in [6.45, 7) is -1.47. The van der Waals surface area contributed by atoms with E-state index in [-0.39, 0.29) is 97.8 Å². The third-order valence-corrected chi connectivity index (χ3v) is 12.9. The van der Waals surface area contributed by atoms with E-state index in [0.717, 1.165) is 5.56 Å². The van der Waals surface area contributed by atoms with Crippen LogP contribution in [0.15, 0.2) is 84.9 Å². The van der Waals surface area contributed by atoms with E-state index in [9.17, 15) is 53.7 Å². The number of anilines is 1. The van der Waals surface area contributed by atoms with Crippen LogP contribution < -0.4 is 69.4 Å². The molecule has 0 aliphatic carbocycles. The average Bonchev–Trinajstić information content (AvgIpc) is 3.70. The summed E-state index contributed by atoms with van der Waals surface area (Å²) in [6.07, 6.45) is 0.651. The van der Waals surface area contributed by atoms with Gasteiger partial charge in [-0.2, -0.15) is 0 Å². The van der Waals surface area contributed by atoms with Crippen molar-refractivity contribution >= 4 is 76.4 Å². The Bertz CT molecular complexity index is 2900. The molecule has 0 unspecified atom stereocenters. The number of rotatable bonds is 26. The van der Waals surface area contributed by atoms with Gasteiger partial charge in [-0.25, -0.2) is 9.59 Å². The molecule has 79 heavy (non-hydrogen) atoms. The van der Waals surface area contributed by atoms with Crippen molar-refractivity contribution in [2.75, 3.05) is 45.2 Å². The predicted octanol–water partition coefficient (Wildman–Crippen LogP) is -0.519. The van der Waals surface area contributed by atoms with E-state index in [1.807, 2.05) is 30.3 Å². The number of phenolic OH excluding ortho intramolecular Hbond substituents is 2. The molecular weight excluding hydrogens is 1050 g/mol. The smallest absolute Gasteiger partial charge is 0.340 e.